The number of aromatic nitrogens is 2. The zero-order valence-electron chi connectivity index (χ0n) is 18.9. The molecule has 0 bridgehead atoms. The molecule has 1 unspecified atom stereocenters. The SMILES string of the molecule is Cc1nc(C(=O)N2CCN(c3nc4cc(Cl)ccc4s3)CCC2C(F)(F)F)c(-c2ccc(F)cc2)s1. The highest BCUT2D eigenvalue weighted by atomic mass is 35.5. The molecule has 0 aliphatic carbocycles. The Kier molecular flexibility index (Phi) is 6.65. The van der Waals surface area contributed by atoms with Crippen LogP contribution in [0.15, 0.2) is 42.5 Å². The molecule has 1 atom stereocenters. The smallest absolute Gasteiger partial charge is 0.346 e. The van der Waals surface area contributed by atoms with Gasteiger partial charge in [-0.1, -0.05) is 35.1 Å². The van der Waals surface area contributed by atoms with Gasteiger partial charge in [-0.25, -0.2) is 14.4 Å². The molecule has 5 rings (SSSR count). The number of hydrogen-bond acceptors (Lipinski definition) is 6. The molecule has 12 heteroatoms. The summed E-state index contributed by atoms with van der Waals surface area (Å²) in [5.41, 5.74) is 1.15. The Balaban J connectivity index is 1.47. The minimum absolute atomic E-state index is 0.0542. The number of halogens is 5. The van der Waals surface area contributed by atoms with Crippen molar-refractivity contribution in [3.63, 3.8) is 0 Å². The number of nitrogens with zero attached hydrogens (tertiary/aromatic N) is 4. The van der Waals surface area contributed by atoms with Crippen molar-refractivity contribution < 1.29 is 22.4 Å². The predicted molar refractivity (Wildman–Crippen MR) is 135 cm³/mol. The minimum atomic E-state index is -4.62. The Morgan fingerprint density at radius 3 is 2.53 bits per heavy atom. The van der Waals surface area contributed by atoms with Gasteiger partial charge in [-0.05, 0) is 49.2 Å². The van der Waals surface area contributed by atoms with Crippen LogP contribution < -0.4 is 4.90 Å². The summed E-state index contributed by atoms with van der Waals surface area (Å²) >= 11 is 8.61. The largest absolute Gasteiger partial charge is 0.408 e. The van der Waals surface area contributed by atoms with Gasteiger partial charge in [0.25, 0.3) is 5.91 Å². The lowest BCUT2D eigenvalue weighted by Crippen LogP contribution is -2.49. The number of alkyl halides is 3. The number of anilines is 1. The van der Waals surface area contributed by atoms with Crippen molar-refractivity contribution in [1.29, 1.82) is 0 Å². The molecule has 1 fully saturated rings. The number of aryl methyl sites for hydroxylation is 1. The van der Waals surface area contributed by atoms with Crippen molar-refractivity contribution in [3.8, 4) is 10.4 Å². The van der Waals surface area contributed by atoms with Gasteiger partial charge >= 0.3 is 6.18 Å². The maximum absolute atomic E-state index is 14.2. The summed E-state index contributed by atoms with van der Waals surface area (Å²) < 4.78 is 56.8. The first-order valence-corrected chi connectivity index (χ1v) is 13.0. The number of thiazole rings is 2. The average molecular weight is 555 g/mol. The Labute approximate surface area is 217 Å². The molecular weight excluding hydrogens is 536 g/mol. The summed E-state index contributed by atoms with van der Waals surface area (Å²) in [6.45, 7) is 1.79. The monoisotopic (exact) mass is 554 g/mol. The highest BCUT2D eigenvalue weighted by Crippen LogP contribution is 2.36. The Bertz CT molecular complexity index is 1420. The molecule has 1 amide bonds. The van der Waals surface area contributed by atoms with Crippen molar-refractivity contribution in [3.05, 3.63) is 64.0 Å². The summed E-state index contributed by atoms with van der Waals surface area (Å²) in [6.07, 6.45) is -4.92. The van der Waals surface area contributed by atoms with Crippen LogP contribution in [0.4, 0.5) is 22.7 Å². The van der Waals surface area contributed by atoms with E-state index < -0.39 is 23.9 Å². The van der Waals surface area contributed by atoms with Crippen LogP contribution >= 0.6 is 34.3 Å². The van der Waals surface area contributed by atoms with Gasteiger partial charge in [0.2, 0.25) is 0 Å². The number of rotatable bonds is 3. The fourth-order valence-electron chi connectivity index (χ4n) is 4.23. The molecule has 0 saturated carbocycles. The van der Waals surface area contributed by atoms with E-state index in [4.69, 9.17) is 11.6 Å². The average Bonchev–Trinajstić information content (AvgIpc) is 3.33. The zero-order chi connectivity index (χ0) is 25.6. The molecule has 1 aliphatic rings. The van der Waals surface area contributed by atoms with Gasteiger partial charge in [-0.2, -0.15) is 13.2 Å². The summed E-state index contributed by atoms with van der Waals surface area (Å²) in [5, 5.41) is 1.64. The van der Waals surface area contributed by atoms with Gasteiger partial charge in [-0.15, -0.1) is 11.3 Å². The van der Waals surface area contributed by atoms with Crippen molar-refractivity contribution in [2.45, 2.75) is 25.6 Å². The lowest BCUT2D eigenvalue weighted by Gasteiger charge is -2.30. The normalized spacial score (nSPS) is 17.0. The maximum Gasteiger partial charge on any atom is 0.408 e. The standard InChI is InChI=1S/C24H19ClF4N4OS2/c1-13-30-20(21(35-13)14-2-5-16(26)6-3-14)22(34)33-11-10-32(9-8-19(33)24(27,28)29)23-31-17-12-15(25)4-7-18(17)36-23/h2-7,12,19H,8-11H2,1H3. The molecular formula is C24H19ClF4N4OS2. The molecule has 0 N–H and O–H groups in total. The van der Waals surface area contributed by atoms with E-state index in [0.717, 1.165) is 9.60 Å². The third-order valence-electron chi connectivity index (χ3n) is 5.95. The summed E-state index contributed by atoms with van der Waals surface area (Å²) in [5.74, 6) is -1.24. The van der Waals surface area contributed by atoms with E-state index in [2.05, 4.69) is 9.97 Å². The third-order valence-corrected chi connectivity index (χ3v) is 8.30. The van der Waals surface area contributed by atoms with E-state index in [9.17, 15) is 22.4 Å². The van der Waals surface area contributed by atoms with Crippen LogP contribution in [0.3, 0.4) is 0 Å². The van der Waals surface area contributed by atoms with Crippen LogP contribution in [-0.2, 0) is 0 Å². The van der Waals surface area contributed by atoms with E-state index in [0.29, 0.717) is 31.1 Å². The van der Waals surface area contributed by atoms with Crippen LogP contribution in [0.2, 0.25) is 5.02 Å². The van der Waals surface area contributed by atoms with Crippen molar-refractivity contribution >= 4 is 55.5 Å². The second-order valence-corrected chi connectivity index (χ2v) is 11.0. The molecule has 0 radical (unpaired) electrons. The van der Waals surface area contributed by atoms with Crippen molar-refractivity contribution in [2.24, 2.45) is 0 Å². The maximum atomic E-state index is 14.2. The first-order chi connectivity index (χ1) is 17.1. The topological polar surface area (TPSA) is 49.3 Å². The number of benzene rings is 2. The Morgan fingerprint density at radius 1 is 1.06 bits per heavy atom. The lowest BCUT2D eigenvalue weighted by molar-refractivity contribution is -0.176. The first kappa shape index (κ1) is 24.9. The van der Waals surface area contributed by atoms with Crippen LogP contribution in [0.1, 0.15) is 21.9 Å². The number of hydrogen-bond donors (Lipinski definition) is 0. The van der Waals surface area contributed by atoms with Crippen LogP contribution in [0.25, 0.3) is 20.7 Å². The van der Waals surface area contributed by atoms with Gasteiger partial charge in [0.15, 0.2) is 5.13 Å². The quantitative estimate of drug-likeness (QED) is 0.261. The van der Waals surface area contributed by atoms with E-state index >= 15 is 0 Å². The molecule has 4 aromatic rings. The van der Waals surface area contributed by atoms with E-state index in [1.165, 1.54) is 46.9 Å². The molecule has 2 aromatic carbocycles. The molecule has 1 saturated heterocycles. The fraction of sp³-hybridized carbons (Fsp3) is 0.292. The van der Waals surface area contributed by atoms with Gasteiger partial charge in [-0.3, -0.25) is 4.79 Å². The van der Waals surface area contributed by atoms with Crippen molar-refractivity contribution in [1.82, 2.24) is 14.9 Å². The molecule has 1 aliphatic heterocycles. The van der Waals surface area contributed by atoms with Gasteiger partial charge in [0.1, 0.15) is 17.6 Å². The molecule has 5 nitrogen and oxygen atoms in total. The third kappa shape index (κ3) is 4.91. The number of carbonyl (C=O) groups excluding carboxylic acids is 1. The molecule has 36 heavy (non-hydrogen) atoms. The summed E-state index contributed by atoms with van der Waals surface area (Å²) in [7, 11) is 0. The lowest BCUT2D eigenvalue weighted by atomic mass is 10.1. The highest BCUT2D eigenvalue weighted by molar-refractivity contribution is 7.22. The molecule has 0 spiro atoms. The van der Waals surface area contributed by atoms with Crippen LogP contribution in [0, 0.1) is 12.7 Å². The van der Waals surface area contributed by atoms with Crippen molar-refractivity contribution in [2.75, 3.05) is 24.5 Å². The Morgan fingerprint density at radius 2 is 1.81 bits per heavy atom. The second kappa shape index (κ2) is 9.60. The highest BCUT2D eigenvalue weighted by Gasteiger charge is 2.47. The summed E-state index contributed by atoms with van der Waals surface area (Å²) in [6, 6.07) is 8.77. The summed E-state index contributed by atoms with van der Waals surface area (Å²) in [4.78, 5) is 25.4. The van der Waals surface area contributed by atoms with Gasteiger partial charge < -0.3 is 9.80 Å². The molecule has 2 aromatic heterocycles. The fourth-order valence-corrected chi connectivity index (χ4v) is 6.31. The van der Waals surface area contributed by atoms with Crippen LogP contribution in [0.5, 0.6) is 0 Å². The van der Waals surface area contributed by atoms with E-state index in [1.807, 2.05) is 6.07 Å². The van der Waals surface area contributed by atoms with Crippen LogP contribution in [-0.4, -0.2) is 52.6 Å². The molecule has 3 heterocycles. The van der Waals surface area contributed by atoms with E-state index in [1.54, 1.807) is 24.0 Å². The number of carbonyl (C=O) groups is 1. The predicted octanol–water partition coefficient (Wildman–Crippen LogP) is 6.80. The van der Waals surface area contributed by atoms with E-state index in [-0.39, 0.29) is 31.7 Å². The van der Waals surface area contributed by atoms with Gasteiger partial charge in [0.05, 0.1) is 20.1 Å². The zero-order valence-corrected chi connectivity index (χ0v) is 21.2. The van der Waals surface area contributed by atoms with Gasteiger partial charge in [0, 0.05) is 24.7 Å². The first-order valence-electron chi connectivity index (χ1n) is 11.0. The Hall–Kier alpha value is -2.76. The molecule has 188 valence electrons. The number of fused-ring (bicyclic) bond motifs is 1. The second-order valence-electron chi connectivity index (χ2n) is 8.36. The number of amides is 1. The minimum Gasteiger partial charge on any atom is -0.346 e.